The van der Waals surface area contributed by atoms with Crippen LogP contribution in [-0.2, 0) is 40.1 Å². The standard InChI is InChI=1S/C28H38N2O5.C21H30N2O/c1-20(2)16-30(17-22-11-7-4-8-12-22)18-25(31)24(15-21-9-5-3-6-10-21)29-28(32)35-26-19-34-27-23(26)13-14-33-27;1-17(2)14-23(15-19-11-7-4-8-12-19)16-21(24)20(22)13-18-9-5-3-6-10-18/h3-12,20,23-27,31H,13-19H2,1-2H3,(H,29,32);3-12,17,20-21,24H,13-16,22H2,1-2H3/t23-,24+,25-,26-,27+;20-,21+/m10/s1. The van der Waals surface area contributed by atoms with E-state index in [-0.39, 0.29) is 24.4 Å². The minimum absolute atomic E-state index is 0.0747. The smallest absolute Gasteiger partial charge is 0.407 e. The molecule has 2 fully saturated rings. The Bertz CT molecular complexity index is 1730. The first-order valence-corrected chi connectivity index (χ1v) is 21.4. The Morgan fingerprint density at radius 2 is 1.14 bits per heavy atom. The van der Waals surface area contributed by atoms with Gasteiger partial charge in [-0.05, 0) is 53.4 Å². The zero-order valence-corrected chi connectivity index (χ0v) is 35.5. The Balaban J connectivity index is 0.000000241. The number of nitrogens with zero attached hydrogens (tertiary/aromatic N) is 2. The van der Waals surface area contributed by atoms with Gasteiger partial charge in [0.25, 0.3) is 0 Å². The number of aliphatic hydroxyl groups is 2. The molecular formula is C49H68N4O6. The second-order valence-electron chi connectivity index (χ2n) is 17.0. The minimum Gasteiger partial charge on any atom is -0.443 e. The van der Waals surface area contributed by atoms with E-state index in [0.717, 1.165) is 38.2 Å². The van der Waals surface area contributed by atoms with Crippen LogP contribution in [0.25, 0.3) is 0 Å². The molecule has 7 atom stereocenters. The fraction of sp³-hybridized carbons (Fsp3) is 0.490. The van der Waals surface area contributed by atoms with Gasteiger partial charge in [0, 0.05) is 45.3 Å². The molecule has 10 nitrogen and oxygen atoms in total. The molecule has 2 aliphatic heterocycles. The zero-order chi connectivity index (χ0) is 42.0. The molecule has 59 heavy (non-hydrogen) atoms. The first-order chi connectivity index (χ1) is 28.5. The van der Waals surface area contributed by atoms with Gasteiger partial charge in [-0.2, -0.15) is 0 Å². The lowest BCUT2D eigenvalue weighted by atomic mass is 10.00. The average Bonchev–Trinajstić information content (AvgIpc) is 3.84. The topological polar surface area (TPSA) is 130 Å². The van der Waals surface area contributed by atoms with E-state index in [4.69, 9.17) is 19.9 Å². The highest BCUT2D eigenvalue weighted by atomic mass is 16.7. The molecule has 6 rings (SSSR count). The van der Waals surface area contributed by atoms with Crippen molar-refractivity contribution in [3.8, 4) is 0 Å². The van der Waals surface area contributed by atoms with Gasteiger partial charge in [0.1, 0.15) is 6.10 Å². The van der Waals surface area contributed by atoms with Crippen molar-refractivity contribution in [2.75, 3.05) is 39.4 Å². The maximum atomic E-state index is 12.9. The van der Waals surface area contributed by atoms with Crippen molar-refractivity contribution in [2.45, 2.75) is 96.7 Å². The summed E-state index contributed by atoms with van der Waals surface area (Å²) in [6.45, 7) is 14.1. The van der Waals surface area contributed by atoms with Crippen molar-refractivity contribution in [1.82, 2.24) is 15.1 Å². The van der Waals surface area contributed by atoms with Gasteiger partial charge in [0.15, 0.2) is 6.29 Å². The lowest BCUT2D eigenvalue weighted by molar-refractivity contribution is -0.0907. The van der Waals surface area contributed by atoms with Crippen LogP contribution in [0.4, 0.5) is 4.79 Å². The Morgan fingerprint density at radius 1 is 0.678 bits per heavy atom. The first-order valence-electron chi connectivity index (χ1n) is 21.4. The maximum absolute atomic E-state index is 12.9. The van der Waals surface area contributed by atoms with Gasteiger partial charge in [0.05, 0.1) is 37.4 Å². The SMILES string of the molecule is CC(C)CN(Cc1ccccc1)C[C@@H](O)[C@@H](N)Cc1ccccc1.CC(C)CN(Cc1ccccc1)C[C@@H](O)[C@H](Cc1ccccc1)NC(=O)O[C@@H]1CO[C@@H]2OCC[C@@H]21. The summed E-state index contributed by atoms with van der Waals surface area (Å²) < 4.78 is 16.9. The predicted molar refractivity (Wildman–Crippen MR) is 234 cm³/mol. The van der Waals surface area contributed by atoms with Gasteiger partial charge in [-0.15, -0.1) is 0 Å². The second-order valence-corrected chi connectivity index (χ2v) is 17.0. The third-order valence-electron chi connectivity index (χ3n) is 10.8. The van der Waals surface area contributed by atoms with Crippen molar-refractivity contribution in [3.05, 3.63) is 144 Å². The first kappa shape index (κ1) is 45.9. The molecule has 0 aromatic heterocycles. The highest BCUT2D eigenvalue weighted by Crippen LogP contribution is 2.33. The van der Waals surface area contributed by atoms with E-state index in [2.05, 4.69) is 91.3 Å². The van der Waals surface area contributed by atoms with Crippen LogP contribution >= 0.6 is 0 Å². The quantitative estimate of drug-likeness (QED) is 0.0773. The monoisotopic (exact) mass is 809 g/mol. The summed E-state index contributed by atoms with van der Waals surface area (Å²) in [7, 11) is 0. The largest absolute Gasteiger partial charge is 0.443 e. The maximum Gasteiger partial charge on any atom is 0.407 e. The van der Waals surface area contributed by atoms with Gasteiger partial charge in [0.2, 0.25) is 0 Å². The third-order valence-corrected chi connectivity index (χ3v) is 10.8. The molecule has 0 radical (unpaired) electrons. The molecule has 0 bridgehead atoms. The number of rotatable bonds is 20. The molecule has 4 aromatic rings. The van der Waals surface area contributed by atoms with Crippen molar-refractivity contribution in [1.29, 1.82) is 0 Å². The number of aliphatic hydroxyl groups excluding tert-OH is 2. The van der Waals surface area contributed by atoms with Crippen LogP contribution in [0.1, 0.15) is 56.4 Å². The average molecular weight is 809 g/mol. The molecule has 2 saturated heterocycles. The van der Waals surface area contributed by atoms with Crippen LogP contribution in [-0.4, -0.2) is 102 Å². The fourth-order valence-electron chi connectivity index (χ4n) is 7.96. The number of hydrogen-bond donors (Lipinski definition) is 4. The summed E-state index contributed by atoms with van der Waals surface area (Å²) in [5.74, 6) is 1.07. The lowest BCUT2D eigenvalue weighted by Gasteiger charge is -2.31. The Hall–Kier alpha value is -4.13. The number of alkyl carbamates (subject to hydrolysis) is 1. The summed E-state index contributed by atoms with van der Waals surface area (Å²) in [4.78, 5) is 17.4. The van der Waals surface area contributed by atoms with Gasteiger partial charge in [-0.1, -0.05) is 149 Å². The van der Waals surface area contributed by atoms with Gasteiger partial charge >= 0.3 is 6.09 Å². The van der Waals surface area contributed by atoms with E-state index >= 15 is 0 Å². The normalized spacial score (nSPS) is 19.5. The fourth-order valence-corrected chi connectivity index (χ4v) is 7.96. The second kappa shape index (κ2) is 24.2. The molecule has 1 amide bonds. The number of hydrogen-bond acceptors (Lipinski definition) is 9. The van der Waals surface area contributed by atoms with Crippen molar-refractivity contribution in [3.63, 3.8) is 0 Å². The Kier molecular flexibility index (Phi) is 18.9. The summed E-state index contributed by atoms with van der Waals surface area (Å²) >= 11 is 0. The van der Waals surface area contributed by atoms with Gasteiger partial charge in [-0.25, -0.2) is 4.79 Å². The molecule has 0 saturated carbocycles. The highest BCUT2D eigenvalue weighted by molar-refractivity contribution is 5.68. The van der Waals surface area contributed by atoms with Crippen LogP contribution in [0, 0.1) is 17.8 Å². The summed E-state index contributed by atoms with van der Waals surface area (Å²) in [5, 5.41) is 24.9. The van der Waals surface area contributed by atoms with E-state index in [1.165, 1.54) is 16.7 Å². The molecule has 0 unspecified atom stereocenters. The number of nitrogens with two attached hydrogens (primary N) is 1. The number of ether oxygens (including phenoxy) is 3. The van der Waals surface area contributed by atoms with Crippen molar-refractivity contribution < 1.29 is 29.2 Å². The molecule has 0 spiro atoms. The molecule has 0 aliphatic carbocycles. The summed E-state index contributed by atoms with van der Waals surface area (Å²) in [6.07, 6.45) is -0.405. The predicted octanol–water partition coefficient (Wildman–Crippen LogP) is 6.68. The molecule has 2 aliphatic rings. The van der Waals surface area contributed by atoms with Crippen LogP contribution in [0.15, 0.2) is 121 Å². The highest BCUT2D eigenvalue weighted by Gasteiger charge is 2.44. The van der Waals surface area contributed by atoms with Crippen LogP contribution < -0.4 is 11.1 Å². The number of nitrogens with one attached hydrogen (secondary N) is 1. The minimum atomic E-state index is -0.771. The number of benzene rings is 4. The van der Waals surface area contributed by atoms with Crippen LogP contribution in [0.3, 0.4) is 0 Å². The van der Waals surface area contributed by atoms with Gasteiger partial charge < -0.3 is 35.5 Å². The number of amides is 1. The molecule has 2 heterocycles. The van der Waals surface area contributed by atoms with Crippen LogP contribution in [0.2, 0.25) is 0 Å². The van der Waals surface area contributed by atoms with Gasteiger partial charge in [-0.3, -0.25) is 9.80 Å². The zero-order valence-electron chi connectivity index (χ0n) is 35.5. The van der Waals surface area contributed by atoms with E-state index in [9.17, 15) is 15.0 Å². The molecule has 5 N–H and O–H groups in total. The molecule has 4 aromatic carbocycles. The molecule has 10 heteroatoms. The molecule has 320 valence electrons. The van der Waals surface area contributed by atoms with Crippen molar-refractivity contribution in [2.24, 2.45) is 23.5 Å². The summed E-state index contributed by atoms with van der Waals surface area (Å²) in [5.41, 5.74) is 10.9. The number of fused-ring (bicyclic) bond motifs is 1. The Labute approximate surface area is 352 Å². The van der Waals surface area contributed by atoms with Crippen LogP contribution in [0.5, 0.6) is 0 Å². The lowest BCUT2D eigenvalue weighted by Crippen LogP contribution is -2.50. The van der Waals surface area contributed by atoms with Crippen molar-refractivity contribution >= 4 is 6.09 Å². The van der Waals surface area contributed by atoms with E-state index < -0.39 is 24.3 Å². The Morgan fingerprint density at radius 3 is 1.63 bits per heavy atom. The number of carbonyl (C=O) groups excluding carboxylic acids is 1. The third kappa shape index (κ3) is 16.1. The number of carbonyl (C=O) groups is 1. The van der Waals surface area contributed by atoms with E-state index in [0.29, 0.717) is 51.0 Å². The van der Waals surface area contributed by atoms with E-state index in [1.807, 2.05) is 72.8 Å². The van der Waals surface area contributed by atoms with E-state index in [1.54, 1.807) is 0 Å². The summed E-state index contributed by atoms with van der Waals surface area (Å²) in [6, 6.07) is 39.9. The molecular weight excluding hydrogens is 741 g/mol.